The minimum Gasteiger partial charge on any atom is -0.508 e. The van der Waals surface area contributed by atoms with E-state index in [4.69, 9.17) is 5.73 Å². The van der Waals surface area contributed by atoms with Gasteiger partial charge < -0.3 is 20.6 Å². The summed E-state index contributed by atoms with van der Waals surface area (Å²) in [7, 11) is 0. The van der Waals surface area contributed by atoms with Crippen molar-refractivity contribution in [1.82, 2.24) is 14.9 Å². The molecule has 0 saturated carbocycles. The van der Waals surface area contributed by atoms with Gasteiger partial charge in [-0.05, 0) is 24.3 Å². The largest absolute Gasteiger partial charge is 0.508 e. The summed E-state index contributed by atoms with van der Waals surface area (Å²) in [5.41, 5.74) is 6.13. The molecule has 1 aromatic carbocycles. The van der Waals surface area contributed by atoms with Gasteiger partial charge >= 0.3 is 0 Å². The number of hydrogen-bond acceptors (Lipinski definition) is 6. The summed E-state index contributed by atoms with van der Waals surface area (Å²) in [5.74, 6) is -1.33. The van der Waals surface area contributed by atoms with Crippen molar-refractivity contribution in [2.75, 3.05) is 6.54 Å². The highest BCUT2D eigenvalue weighted by atomic mass is 16.3. The molecule has 0 fully saturated rings. The Labute approximate surface area is 131 Å². The Morgan fingerprint density at radius 3 is 2.57 bits per heavy atom. The number of imidazole rings is 1. The lowest BCUT2D eigenvalue weighted by molar-refractivity contribution is -0.131. The van der Waals surface area contributed by atoms with E-state index in [1.807, 2.05) is 0 Å². The molecule has 2 amide bonds. The first kappa shape index (κ1) is 16.4. The minimum atomic E-state index is -1.01. The molecular formula is C15H16N4O4. The number of carbonyl (C=O) groups excluding carboxylic acids is 3. The van der Waals surface area contributed by atoms with Crippen molar-refractivity contribution in [3.8, 4) is 5.75 Å². The Hall–Kier alpha value is -3.00. The van der Waals surface area contributed by atoms with E-state index in [-0.39, 0.29) is 17.7 Å². The Morgan fingerprint density at radius 1 is 1.35 bits per heavy atom. The zero-order valence-corrected chi connectivity index (χ0v) is 12.2. The second-order valence-corrected chi connectivity index (χ2v) is 4.80. The summed E-state index contributed by atoms with van der Waals surface area (Å²) >= 11 is 0. The number of nitrogens with zero attached hydrogens (tertiary/aromatic N) is 2. The SMILES string of the molecule is NCC(=O)N(C(=O)c1ccc(O)cc1)[C@H](C=O)Cc1cnc[nH]1. The molecule has 23 heavy (non-hydrogen) atoms. The minimum absolute atomic E-state index is 0.0114. The fourth-order valence-corrected chi connectivity index (χ4v) is 2.11. The number of nitrogens with one attached hydrogen (secondary N) is 1. The van der Waals surface area contributed by atoms with E-state index in [2.05, 4.69) is 9.97 Å². The fraction of sp³-hybridized carbons (Fsp3) is 0.200. The highest BCUT2D eigenvalue weighted by Crippen LogP contribution is 2.15. The number of nitrogens with two attached hydrogens (primary N) is 1. The molecule has 8 nitrogen and oxygen atoms in total. The van der Waals surface area contributed by atoms with Gasteiger partial charge in [-0.3, -0.25) is 14.5 Å². The van der Waals surface area contributed by atoms with E-state index < -0.39 is 24.4 Å². The number of aromatic nitrogens is 2. The van der Waals surface area contributed by atoms with Gasteiger partial charge in [0.15, 0.2) is 0 Å². The summed E-state index contributed by atoms with van der Waals surface area (Å²) in [6.07, 6.45) is 3.58. The number of imide groups is 1. The number of phenols is 1. The molecule has 1 atom stereocenters. The quantitative estimate of drug-likeness (QED) is 0.636. The molecule has 1 aromatic heterocycles. The second kappa shape index (κ2) is 7.32. The predicted octanol–water partition coefficient (Wildman–Crippen LogP) is -0.147. The number of aromatic hydroxyl groups is 1. The van der Waals surface area contributed by atoms with Crippen LogP contribution in [0, 0.1) is 0 Å². The number of benzene rings is 1. The maximum Gasteiger partial charge on any atom is 0.261 e. The van der Waals surface area contributed by atoms with Gasteiger partial charge in [0.25, 0.3) is 5.91 Å². The molecule has 1 heterocycles. The van der Waals surface area contributed by atoms with Gasteiger partial charge in [-0.1, -0.05) is 0 Å². The number of phenolic OH excluding ortho intramolecular Hbond substituents is 1. The summed E-state index contributed by atoms with van der Waals surface area (Å²) in [6, 6.07) is 4.37. The molecule has 0 saturated heterocycles. The van der Waals surface area contributed by atoms with E-state index in [1.54, 1.807) is 0 Å². The third kappa shape index (κ3) is 3.80. The van der Waals surface area contributed by atoms with Crippen LogP contribution in [0.25, 0.3) is 0 Å². The van der Waals surface area contributed by atoms with Crippen LogP contribution in [-0.2, 0) is 16.0 Å². The maximum absolute atomic E-state index is 12.6. The number of aromatic amines is 1. The van der Waals surface area contributed by atoms with Crippen molar-refractivity contribution in [3.05, 3.63) is 48.0 Å². The van der Waals surface area contributed by atoms with Crippen molar-refractivity contribution in [3.63, 3.8) is 0 Å². The molecule has 8 heteroatoms. The normalized spacial score (nSPS) is 11.7. The lowest BCUT2D eigenvalue weighted by atomic mass is 10.1. The first-order valence-electron chi connectivity index (χ1n) is 6.85. The molecule has 0 aliphatic rings. The van der Waals surface area contributed by atoms with Crippen molar-refractivity contribution >= 4 is 18.1 Å². The van der Waals surface area contributed by atoms with Gasteiger partial charge in [0, 0.05) is 23.9 Å². The summed E-state index contributed by atoms with van der Waals surface area (Å²) in [6.45, 7) is -0.406. The first-order valence-corrected chi connectivity index (χ1v) is 6.85. The maximum atomic E-state index is 12.6. The lowest BCUT2D eigenvalue weighted by Gasteiger charge is -2.25. The summed E-state index contributed by atoms with van der Waals surface area (Å²) < 4.78 is 0. The molecule has 2 aromatic rings. The monoisotopic (exact) mass is 316 g/mol. The molecule has 0 radical (unpaired) electrons. The van der Waals surface area contributed by atoms with Crippen molar-refractivity contribution in [2.24, 2.45) is 5.73 Å². The van der Waals surface area contributed by atoms with Crippen LogP contribution in [0.5, 0.6) is 5.75 Å². The lowest BCUT2D eigenvalue weighted by Crippen LogP contribution is -2.49. The van der Waals surface area contributed by atoms with Crippen LogP contribution in [0.15, 0.2) is 36.8 Å². The van der Waals surface area contributed by atoms with E-state index >= 15 is 0 Å². The zero-order valence-electron chi connectivity index (χ0n) is 12.2. The molecule has 0 bridgehead atoms. The van der Waals surface area contributed by atoms with Crippen LogP contribution < -0.4 is 5.73 Å². The van der Waals surface area contributed by atoms with Gasteiger partial charge in [-0.2, -0.15) is 0 Å². The smallest absolute Gasteiger partial charge is 0.261 e. The standard InChI is InChI=1S/C15H16N4O4/c16-6-14(22)19(12(8-20)5-11-7-17-9-18-11)15(23)10-1-3-13(21)4-2-10/h1-4,7-9,12,21H,5-6,16H2,(H,17,18)/t12-/m0/s1. The fourth-order valence-electron chi connectivity index (χ4n) is 2.11. The third-order valence-electron chi connectivity index (χ3n) is 3.25. The van der Waals surface area contributed by atoms with Crippen LogP contribution in [0.1, 0.15) is 16.1 Å². The average Bonchev–Trinajstić information content (AvgIpc) is 3.07. The van der Waals surface area contributed by atoms with Crippen LogP contribution in [-0.4, -0.2) is 50.7 Å². The van der Waals surface area contributed by atoms with E-state index in [1.165, 1.54) is 36.8 Å². The number of carbonyl (C=O) groups is 3. The van der Waals surface area contributed by atoms with Gasteiger partial charge in [0.2, 0.25) is 5.91 Å². The number of hydrogen-bond donors (Lipinski definition) is 3. The van der Waals surface area contributed by atoms with Crippen molar-refractivity contribution in [2.45, 2.75) is 12.5 Å². The van der Waals surface area contributed by atoms with Gasteiger partial charge in [0.05, 0.1) is 12.9 Å². The molecule has 0 aliphatic heterocycles. The van der Waals surface area contributed by atoms with Gasteiger partial charge in [-0.25, -0.2) is 4.98 Å². The highest BCUT2D eigenvalue weighted by molar-refractivity contribution is 6.07. The van der Waals surface area contributed by atoms with Crippen LogP contribution in [0.3, 0.4) is 0 Å². The molecule has 0 spiro atoms. The van der Waals surface area contributed by atoms with Crippen LogP contribution in [0.2, 0.25) is 0 Å². The molecule has 120 valence electrons. The zero-order chi connectivity index (χ0) is 16.8. The average molecular weight is 316 g/mol. The number of rotatable bonds is 6. The Morgan fingerprint density at radius 2 is 2.04 bits per heavy atom. The van der Waals surface area contributed by atoms with Gasteiger partial charge in [0.1, 0.15) is 18.1 Å². The molecule has 0 unspecified atom stereocenters. The topological polar surface area (TPSA) is 129 Å². The Bertz CT molecular complexity index is 682. The summed E-state index contributed by atoms with van der Waals surface area (Å²) in [4.78, 5) is 43.5. The van der Waals surface area contributed by atoms with E-state index in [9.17, 15) is 19.5 Å². The molecule has 0 aliphatic carbocycles. The molecule has 2 rings (SSSR count). The molecular weight excluding hydrogens is 300 g/mol. The van der Waals surface area contributed by atoms with E-state index in [0.29, 0.717) is 12.0 Å². The van der Waals surface area contributed by atoms with Crippen LogP contribution in [0.4, 0.5) is 0 Å². The van der Waals surface area contributed by atoms with Gasteiger partial charge in [-0.15, -0.1) is 0 Å². The third-order valence-corrected chi connectivity index (χ3v) is 3.25. The summed E-state index contributed by atoms with van der Waals surface area (Å²) in [5, 5.41) is 9.28. The van der Waals surface area contributed by atoms with E-state index in [0.717, 1.165) is 4.90 Å². The number of H-pyrrole nitrogens is 1. The second-order valence-electron chi connectivity index (χ2n) is 4.80. The Balaban J connectivity index is 2.30. The number of aldehydes is 1. The first-order chi connectivity index (χ1) is 11.1. The number of amides is 2. The predicted molar refractivity (Wildman–Crippen MR) is 80.5 cm³/mol. The van der Waals surface area contributed by atoms with Crippen molar-refractivity contribution < 1.29 is 19.5 Å². The molecule has 4 N–H and O–H groups in total. The highest BCUT2D eigenvalue weighted by Gasteiger charge is 2.30. The van der Waals surface area contributed by atoms with Crippen LogP contribution >= 0.6 is 0 Å². The Kier molecular flexibility index (Phi) is 5.21. The van der Waals surface area contributed by atoms with Crippen molar-refractivity contribution in [1.29, 1.82) is 0 Å².